The first kappa shape index (κ1) is 8.34. The number of hydrogen-bond donors (Lipinski definition) is 2. The minimum absolute atomic E-state index is 0.00560. The quantitative estimate of drug-likeness (QED) is 0.557. The molecule has 0 aliphatic carbocycles. The van der Waals surface area contributed by atoms with Crippen molar-refractivity contribution >= 4 is 12.0 Å². The molecule has 0 saturated carbocycles. The molecule has 5 nitrogen and oxygen atoms in total. The van der Waals surface area contributed by atoms with Crippen LogP contribution in [0.1, 0.15) is 19.3 Å². The van der Waals surface area contributed by atoms with Crippen LogP contribution in [0.15, 0.2) is 0 Å². The van der Waals surface area contributed by atoms with Crippen molar-refractivity contribution in [3.05, 3.63) is 0 Å². The molecule has 72 valence electrons. The van der Waals surface area contributed by atoms with Gasteiger partial charge in [0.15, 0.2) is 0 Å². The number of rotatable bonds is 0. The Bertz CT molecular complexity index is 254. The maximum Gasteiger partial charge on any atom is 0.407 e. The average Bonchev–Trinajstić information content (AvgIpc) is 2.34. The van der Waals surface area contributed by atoms with Gasteiger partial charge in [0.05, 0.1) is 6.04 Å². The molecule has 0 aromatic heterocycles. The number of amides is 2. The van der Waals surface area contributed by atoms with E-state index in [2.05, 4.69) is 5.32 Å². The van der Waals surface area contributed by atoms with E-state index in [9.17, 15) is 9.59 Å². The summed E-state index contributed by atoms with van der Waals surface area (Å²) in [7, 11) is 0. The standard InChI is InChI=1S/C8H12N2O3/c11-7-3-5-1-2-6(4-9-7)10(5)8(12)13/h5-6H,1-4H2,(H,9,11)(H,12,13). The molecule has 2 amide bonds. The molecule has 2 unspecified atom stereocenters. The molecule has 2 fully saturated rings. The molecule has 2 heterocycles. The molecule has 2 aliphatic heterocycles. The van der Waals surface area contributed by atoms with E-state index in [1.54, 1.807) is 0 Å². The van der Waals surface area contributed by atoms with Crippen molar-refractivity contribution in [3.8, 4) is 0 Å². The van der Waals surface area contributed by atoms with Gasteiger partial charge in [0.2, 0.25) is 5.91 Å². The lowest BCUT2D eigenvalue weighted by Crippen LogP contribution is -2.41. The van der Waals surface area contributed by atoms with Gasteiger partial charge in [-0.15, -0.1) is 0 Å². The van der Waals surface area contributed by atoms with E-state index in [4.69, 9.17) is 5.11 Å². The smallest absolute Gasteiger partial charge is 0.407 e. The Labute approximate surface area is 75.7 Å². The lowest BCUT2D eigenvalue weighted by Gasteiger charge is -2.23. The van der Waals surface area contributed by atoms with Gasteiger partial charge in [-0.1, -0.05) is 0 Å². The second-order valence-electron chi connectivity index (χ2n) is 3.58. The number of carbonyl (C=O) groups is 2. The molecule has 2 N–H and O–H groups in total. The van der Waals surface area contributed by atoms with Crippen molar-refractivity contribution < 1.29 is 14.7 Å². The lowest BCUT2D eigenvalue weighted by molar-refractivity contribution is -0.121. The third-order valence-corrected chi connectivity index (χ3v) is 2.80. The van der Waals surface area contributed by atoms with Crippen LogP contribution in [-0.4, -0.2) is 40.6 Å². The topological polar surface area (TPSA) is 69.6 Å². The van der Waals surface area contributed by atoms with Gasteiger partial charge in [0, 0.05) is 19.0 Å². The summed E-state index contributed by atoms with van der Waals surface area (Å²) >= 11 is 0. The third kappa shape index (κ3) is 1.34. The van der Waals surface area contributed by atoms with E-state index in [1.807, 2.05) is 0 Å². The second-order valence-corrected chi connectivity index (χ2v) is 3.58. The van der Waals surface area contributed by atoms with Crippen molar-refractivity contribution in [1.29, 1.82) is 0 Å². The van der Waals surface area contributed by atoms with Crippen molar-refractivity contribution in [1.82, 2.24) is 10.2 Å². The Morgan fingerprint density at radius 1 is 1.46 bits per heavy atom. The number of carbonyl (C=O) groups excluding carboxylic acids is 1. The Morgan fingerprint density at radius 2 is 2.15 bits per heavy atom. The highest BCUT2D eigenvalue weighted by molar-refractivity contribution is 5.78. The SMILES string of the molecule is O=C1CC2CCC(CN1)N2C(=O)O. The fourth-order valence-corrected chi connectivity index (χ4v) is 2.19. The zero-order valence-corrected chi connectivity index (χ0v) is 7.19. The van der Waals surface area contributed by atoms with Crippen LogP contribution >= 0.6 is 0 Å². The fraction of sp³-hybridized carbons (Fsp3) is 0.750. The normalized spacial score (nSPS) is 32.6. The molecule has 2 saturated heterocycles. The summed E-state index contributed by atoms with van der Waals surface area (Å²) in [6, 6.07) is -0.0982. The molecule has 2 aliphatic rings. The van der Waals surface area contributed by atoms with Crippen LogP contribution in [0.2, 0.25) is 0 Å². The van der Waals surface area contributed by atoms with E-state index >= 15 is 0 Å². The molecule has 13 heavy (non-hydrogen) atoms. The summed E-state index contributed by atoms with van der Waals surface area (Å²) in [5.41, 5.74) is 0. The van der Waals surface area contributed by atoms with Gasteiger partial charge in [0.25, 0.3) is 0 Å². The number of nitrogens with one attached hydrogen (secondary N) is 1. The summed E-state index contributed by atoms with van der Waals surface area (Å²) < 4.78 is 0. The number of hydrogen-bond acceptors (Lipinski definition) is 2. The maximum atomic E-state index is 11.1. The lowest BCUT2D eigenvalue weighted by atomic mass is 10.1. The first-order valence-electron chi connectivity index (χ1n) is 4.46. The van der Waals surface area contributed by atoms with Gasteiger partial charge < -0.3 is 15.3 Å². The van der Waals surface area contributed by atoms with Gasteiger partial charge in [-0.25, -0.2) is 4.79 Å². The van der Waals surface area contributed by atoms with E-state index < -0.39 is 6.09 Å². The van der Waals surface area contributed by atoms with Gasteiger partial charge >= 0.3 is 6.09 Å². The predicted octanol–water partition coefficient (Wildman–Crippen LogP) is 0.0173. The monoisotopic (exact) mass is 184 g/mol. The Hall–Kier alpha value is -1.26. The van der Waals surface area contributed by atoms with Crippen LogP contribution in [0.3, 0.4) is 0 Å². The van der Waals surface area contributed by atoms with Crippen molar-refractivity contribution in [2.45, 2.75) is 31.3 Å². The van der Waals surface area contributed by atoms with Crippen LogP contribution < -0.4 is 5.32 Å². The first-order chi connectivity index (χ1) is 6.18. The Kier molecular flexibility index (Phi) is 1.86. The average molecular weight is 184 g/mol. The number of nitrogens with zero attached hydrogens (tertiary/aromatic N) is 1. The van der Waals surface area contributed by atoms with Gasteiger partial charge in [-0.2, -0.15) is 0 Å². The van der Waals surface area contributed by atoms with Gasteiger partial charge in [-0.05, 0) is 12.8 Å². The number of fused-ring (bicyclic) bond motifs is 2. The minimum atomic E-state index is -0.899. The van der Waals surface area contributed by atoms with Crippen LogP contribution in [-0.2, 0) is 4.79 Å². The molecule has 5 heteroatoms. The van der Waals surface area contributed by atoms with E-state index in [-0.39, 0.29) is 18.0 Å². The highest BCUT2D eigenvalue weighted by Gasteiger charge is 2.40. The predicted molar refractivity (Wildman–Crippen MR) is 44.3 cm³/mol. The highest BCUT2D eigenvalue weighted by atomic mass is 16.4. The van der Waals surface area contributed by atoms with Gasteiger partial charge in [0.1, 0.15) is 0 Å². The zero-order chi connectivity index (χ0) is 9.42. The Balaban J connectivity index is 2.19. The largest absolute Gasteiger partial charge is 0.465 e. The fourth-order valence-electron chi connectivity index (χ4n) is 2.19. The molecular weight excluding hydrogens is 172 g/mol. The molecule has 2 rings (SSSR count). The van der Waals surface area contributed by atoms with E-state index in [1.165, 1.54) is 4.90 Å². The molecular formula is C8H12N2O3. The molecule has 2 atom stereocenters. The van der Waals surface area contributed by atoms with Crippen LogP contribution in [0.25, 0.3) is 0 Å². The zero-order valence-electron chi connectivity index (χ0n) is 7.19. The minimum Gasteiger partial charge on any atom is -0.465 e. The van der Waals surface area contributed by atoms with E-state index in [0.29, 0.717) is 13.0 Å². The Morgan fingerprint density at radius 3 is 2.85 bits per heavy atom. The highest BCUT2D eigenvalue weighted by Crippen LogP contribution is 2.27. The molecule has 0 aromatic rings. The third-order valence-electron chi connectivity index (χ3n) is 2.80. The van der Waals surface area contributed by atoms with Crippen LogP contribution in [0.4, 0.5) is 4.79 Å². The summed E-state index contributed by atoms with van der Waals surface area (Å²) in [4.78, 5) is 23.4. The second kappa shape index (κ2) is 2.90. The van der Waals surface area contributed by atoms with Crippen molar-refractivity contribution in [3.63, 3.8) is 0 Å². The van der Waals surface area contributed by atoms with Gasteiger partial charge in [-0.3, -0.25) is 4.79 Å². The van der Waals surface area contributed by atoms with E-state index in [0.717, 1.165) is 12.8 Å². The summed E-state index contributed by atoms with van der Waals surface area (Å²) in [6.45, 7) is 0.474. The van der Waals surface area contributed by atoms with Crippen molar-refractivity contribution in [2.24, 2.45) is 0 Å². The summed E-state index contributed by atoms with van der Waals surface area (Å²) in [5.74, 6) is -0.0292. The molecule has 0 radical (unpaired) electrons. The number of carboxylic acid groups (broad SMARTS) is 1. The first-order valence-corrected chi connectivity index (χ1v) is 4.46. The summed E-state index contributed by atoms with van der Waals surface area (Å²) in [5, 5.41) is 11.6. The van der Waals surface area contributed by atoms with Crippen LogP contribution in [0.5, 0.6) is 0 Å². The maximum absolute atomic E-state index is 11.1. The molecule has 0 aromatic carbocycles. The van der Waals surface area contributed by atoms with Crippen LogP contribution in [0, 0.1) is 0 Å². The molecule has 2 bridgehead atoms. The molecule has 0 spiro atoms. The van der Waals surface area contributed by atoms with Crippen molar-refractivity contribution in [2.75, 3.05) is 6.54 Å². The summed E-state index contributed by atoms with van der Waals surface area (Å²) in [6.07, 6.45) is 1.12.